The van der Waals surface area contributed by atoms with Crippen LogP contribution < -0.4 is 10.6 Å². The SMILES string of the molecule is CC[C@H](C)Nc1nc(Nc2c(F)cc(F)cc2F)cc(-c2ccccc2)n1. The van der Waals surface area contributed by atoms with Gasteiger partial charge < -0.3 is 10.6 Å². The van der Waals surface area contributed by atoms with E-state index >= 15 is 0 Å². The summed E-state index contributed by atoms with van der Waals surface area (Å²) in [5.74, 6) is -2.54. The molecule has 3 aromatic rings. The standard InChI is InChI=1S/C20H19F3N4/c1-3-12(2)24-20-25-17(13-7-5-4-6-8-13)11-18(27-20)26-19-15(22)9-14(21)10-16(19)23/h4-12H,3H2,1-2H3,(H2,24,25,26,27)/t12-/m0/s1. The minimum atomic E-state index is -1.04. The summed E-state index contributed by atoms with van der Waals surface area (Å²) < 4.78 is 41.1. The first-order valence-electron chi connectivity index (χ1n) is 8.59. The molecule has 140 valence electrons. The third kappa shape index (κ3) is 4.55. The molecule has 0 amide bonds. The molecule has 0 saturated carbocycles. The average molecular weight is 372 g/mol. The molecule has 0 aliphatic rings. The summed E-state index contributed by atoms with van der Waals surface area (Å²) in [6, 6.07) is 12.3. The molecule has 7 heteroatoms. The molecular formula is C20H19F3N4. The van der Waals surface area contributed by atoms with Gasteiger partial charge in [0.2, 0.25) is 5.95 Å². The van der Waals surface area contributed by atoms with Crippen molar-refractivity contribution in [1.29, 1.82) is 0 Å². The zero-order valence-electron chi connectivity index (χ0n) is 14.9. The molecule has 1 atom stereocenters. The van der Waals surface area contributed by atoms with E-state index in [4.69, 9.17) is 0 Å². The Balaban J connectivity index is 2.02. The lowest BCUT2D eigenvalue weighted by atomic mass is 10.1. The van der Waals surface area contributed by atoms with Gasteiger partial charge in [0, 0.05) is 29.8 Å². The average Bonchev–Trinajstić information content (AvgIpc) is 2.65. The molecule has 27 heavy (non-hydrogen) atoms. The number of anilines is 3. The van der Waals surface area contributed by atoms with E-state index in [1.54, 1.807) is 6.07 Å². The van der Waals surface area contributed by atoms with E-state index in [-0.39, 0.29) is 11.9 Å². The highest BCUT2D eigenvalue weighted by Gasteiger charge is 2.14. The summed E-state index contributed by atoms with van der Waals surface area (Å²) in [7, 11) is 0. The molecule has 0 bridgehead atoms. The van der Waals surface area contributed by atoms with E-state index < -0.39 is 23.1 Å². The van der Waals surface area contributed by atoms with Gasteiger partial charge in [0.05, 0.1) is 5.69 Å². The number of nitrogens with zero attached hydrogens (tertiary/aromatic N) is 2. The Morgan fingerprint density at radius 3 is 2.26 bits per heavy atom. The number of benzene rings is 2. The second-order valence-corrected chi connectivity index (χ2v) is 6.15. The van der Waals surface area contributed by atoms with Crippen LogP contribution in [-0.2, 0) is 0 Å². The van der Waals surface area contributed by atoms with Crippen LogP contribution in [0, 0.1) is 17.5 Å². The minimum Gasteiger partial charge on any atom is -0.352 e. The van der Waals surface area contributed by atoms with Crippen LogP contribution in [0.3, 0.4) is 0 Å². The van der Waals surface area contributed by atoms with Crippen LogP contribution in [0.1, 0.15) is 20.3 Å². The first kappa shape index (κ1) is 18.7. The third-order valence-corrected chi connectivity index (χ3v) is 4.04. The highest BCUT2D eigenvalue weighted by atomic mass is 19.1. The summed E-state index contributed by atoms with van der Waals surface area (Å²) in [4.78, 5) is 8.77. The highest BCUT2D eigenvalue weighted by molar-refractivity contribution is 5.67. The van der Waals surface area contributed by atoms with Crippen LogP contribution >= 0.6 is 0 Å². The Morgan fingerprint density at radius 1 is 0.963 bits per heavy atom. The maximum atomic E-state index is 14.0. The zero-order valence-corrected chi connectivity index (χ0v) is 14.9. The number of hydrogen-bond donors (Lipinski definition) is 2. The quantitative estimate of drug-likeness (QED) is 0.599. The van der Waals surface area contributed by atoms with E-state index in [2.05, 4.69) is 20.6 Å². The fraction of sp³-hybridized carbons (Fsp3) is 0.200. The van der Waals surface area contributed by atoms with Crippen molar-refractivity contribution in [2.45, 2.75) is 26.3 Å². The molecule has 0 unspecified atom stereocenters. The Bertz CT molecular complexity index is 909. The van der Waals surface area contributed by atoms with Crippen LogP contribution in [0.15, 0.2) is 48.5 Å². The van der Waals surface area contributed by atoms with Crippen LogP contribution in [0.5, 0.6) is 0 Å². The molecular weight excluding hydrogens is 353 g/mol. The fourth-order valence-corrected chi connectivity index (χ4v) is 2.44. The molecule has 0 radical (unpaired) electrons. The Morgan fingerprint density at radius 2 is 1.63 bits per heavy atom. The summed E-state index contributed by atoms with van der Waals surface area (Å²) >= 11 is 0. The summed E-state index contributed by atoms with van der Waals surface area (Å²) in [5.41, 5.74) is 0.945. The van der Waals surface area contributed by atoms with Crippen molar-refractivity contribution in [1.82, 2.24) is 9.97 Å². The molecule has 1 aromatic heterocycles. The van der Waals surface area contributed by atoms with Crippen molar-refractivity contribution >= 4 is 17.5 Å². The van der Waals surface area contributed by atoms with Gasteiger partial charge in [0.25, 0.3) is 0 Å². The minimum absolute atomic E-state index is 0.114. The zero-order chi connectivity index (χ0) is 19.4. The Kier molecular flexibility index (Phi) is 5.59. The maximum Gasteiger partial charge on any atom is 0.225 e. The van der Waals surface area contributed by atoms with Crippen LogP contribution in [-0.4, -0.2) is 16.0 Å². The number of halogens is 3. The predicted octanol–water partition coefficient (Wildman–Crippen LogP) is 5.51. The predicted molar refractivity (Wildman–Crippen MR) is 100 cm³/mol. The lowest BCUT2D eigenvalue weighted by Gasteiger charge is -2.15. The van der Waals surface area contributed by atoms with Gasteiger partial charge in [0.1, 0.15) is 17.3 Å². The smallest absolute Gasteiger partial charge is 0.225 e. The van der Waals surface area contributed by atoms with E-state index in [0.29, 0.717) is 23.8 Å². The summed E-state index contributed by atoms with van der Waals surface area (Å²) in [5, 5.41) is 5.76. The normalized spacial score (nSPS) is 11.9. The Hall–Kier alpha value is -3.09. The number of aromatic nitrogens is 2. The van der Waals surface area contributed by atoms with E-state index in [1.165, 1.54) is 0 Å². The van der Waals surface area contributed by atoms with Gasteiger partial charge in [-0.2, -0.15) is 4.98 Å². The number of hydrogen-bond acceptors (Lipinski definition) is 4. The van der Waals surface area contributed by atoms with Crippen LogP contribution in [0.25, 0.3) is 11.3 Å². The fourth-order valence-electron chi connectivity index (χ4n) is 2.44. The van der Waals surface area contributed by atoms with Gasteiger partial charge in [-0.25, -0.2) is 18.2 Å². The van der Waals surface area contributed by atoms with Crippen molar-refractivity contribution in [2.24, 2.45) is 0 Å². The molecule has 0 aliphatic carbocycles. The lowest BCUT2D eigenvalue weighted by molar-refractivity contribution is 0.548. The van der Waals surface area contributed by atoms with Crippen molar-refractivity contribution in [3.8, 4) is 11.3 Å². The van der Waals surface area contributed by atoms with Gasteiger partial charge in [-0.05, 0) is 13.3 Å². The van der Waals surface area contributed by atoms with Gasteiger partial charge in [0.15, 0.2) is 11.6 Å². The van der Waals surface area contributed by atoms with E-state index in [9.17, 15) is 13.2 Å². The molecule has 0 saturated heterocycles. The molecule has 1 heterocycles. The van der Waals surface area contributed by atoms with Crippen molar-refractivity contribution < 1.29 is 13.2 Å². The van der Waals surface area contributed by atoms with Gasteiger partial charge >= 0.3 is 0 Å². The van der Waals surface area contributed by atoms with E-state index in [0.717, 1.165) is 12.0 Å². The molecule has 2 aromatic carbocycles. The second kappa shape index (κ2) is 8.07. The molecule has 2 N–H and O–H groups in total. The van der Waals surface area contributed by atoms with E-state index in [1.807, 2.05) is 44.2 Å². The molecule has 0 aliphatic heterocycles. The monoisotopic (exact) mass is 372 g/mol. The van der Waals surface area contributed by atoms with Gasteiger partial charge in [-0.15, -0.1) is 0 Å². The van der Waals surface area contributed by atoms with Crippen molar-refractivity contribution in [3.63, 3.8) is 0 Å². The summed E-state index contributed by atoms with van der Waals surface area (Å²) in [6.07, 6.45) is 0.850. The van der Waals surface area contributed by atoms with Crippen molar-refractivity contribution in [2.75, 3.05) is 10.6 Å². The Labute approximate surface area is 155 Å². The lowest BCUT2D eigenvalue weighted by Crippen LogP contribution is -2.16. The second-order valence-electron chi connectivity index (χ2n) is 6.15. The number of rotatable bonds is 6. The first-order chi connectivity index (χ1) is 13.0. The van der Waals surface area contributed by atoms with Crippen LogP contribution in [0.2, 0.25) is 0 Å². The number of nitrogens with one attached hydrogen (secondary N) is 2. The largest absolute Gasteiger partial charge is 0.352 e. The maximum absolute atomic E-state index is 14.0. The van der Waals surface area contributed by atoms with Gasteiger partial charge in [-0.1, -0.05) is 37.3 Å². The molecule has 0 fully saturated rings. The topological polar surface area (TPSA) is 49.8 Å². The highest BCUT2D eigenvalue weighted by Crippen LogP contribution is 2.27. The van der Waals surface area contributed by atoms with Crippen LogP contribution in [0.4, 0.5) is 30.6 Å². The van der Waals surface area contributed by atoms with Crippen molar-refractivity contribution in [3.05, 3.63) is 66.0 Å². The molecule has 3 rings (SSSR count). The molecule has 4 nitrogen and oxygen atoms in total. The van der Waals surface area contributed by atoms with Gasteiger partial charge in [-0.3, -0.25) is 0 Å². The third-order valence-electron chi connectivity index (χ3n) is 4.04. The molecule has 0 spiro atoms. The summed E-state index contributed by atoms with van der Waals surface area (Å²) in [6.45, 7) is 3.99. The first-order valence-corrected chi connectivity index (χ1v) is 8.59.